The number of hydrogen-bond acceptors (Lipinski definition) is 3. The van der Waals surface area contributed by atoms with E-state index >= 15 is 0 Å². The first-order valence-electron chi connectivity index (χ1n) is 4.51. The normalized spacial score (nSPS) is 9.87. The van der Waals surface area contributed by atoms with Gasteiger partial charge in [-0.3, -0.25) is 0 Å². The molecular formula is C10H13NO4. The van der Waals surface area contributed by atoms with Crippen LogP contribution in [0.4, 0.5) is 4.79 Å². The topological polar surface area (TPSA) is 78.8 Å². The van der Waals surface area contributed by atoms with E-state index in [2.05, 4.69) is 5.32 Å². The van der Waals surface area contributed by atoms with Gasteiger partial charge in [0.25, 0.3) is 0 Å². The van der Waals surface area contributed by atoms with Crippen molar-refractivity contribution in [2.45, 2.75) is 6.61 Å². The maximum absolute atomic E-state index is 10.1. The third kappa shape index (κ3) is 4.87. The molecule has 0 radical (unpaired) electrons. The fourth-order valence-electron chi connectivity index (χ4n) is 1.01. The van der Waals surface area contributed by atoms with Crippen molar-refractivity contribution in [2.75, 3.05) is 13.2 Å². The van der Waals surface area contributed by atoms with Crippen LogP contribution in [0.15, 0.2) is 24.3 Å². The zero-order valence-corrected chi connectivity index (χ0v) is 8.14. The number of carboxylic acid groups (broad SMARTS) is 1. The summed E-state index contributed by atoms with van der Waals surface area (Å²) in [6.07, 6.45) is -1.05. The van der Waals surface area contributed by atoms with E-state index in [-0.39, 0.29) is 12.3 Å². The van der Waals surface area contributed by atoms with Gasteiger partial charge in [0.05, 0.1) is 13.2 Å². The third-order valence-electron chi connectivity index (χ3n) is 1.73. The van der Waals surface area contributed by atoms with Crippen molar-refractivity contribution >= 4 is 6.09 Å². The average Bonchev–Trinajstić information content (AvgIpc) is 2.20. The molecule has 1 amide bonds. The fourth-order valence-corrected chi connectivity index (χ4v) is 1.01. The number of phenols is 1. The van der Waals surface area contributed by atoms with E-state index in [4.69, 9.17) is 14.9 Å². The number of phenolic OH excluding ortho intramolecular Hbond substituents is 1. The van der Waals surface area contributed by atoms with Gasteiger partial charge in [-0.15, -0.1) is 0 Å². The van der Waals surface area contributed by atoms with E-state index in [1.165, 1.54) is 0 Å². The molecule has 1 aromatic rings. The lowest BCUT2D eigenvalue weighted by atomic mass is 10.2. The van der Waals surface area contributed by atoms with E-state index in [0.29, 0.717) is 13.2 Å². The highest BCUT2D eigenvalue weighted by molar-refractivity contribution is 5.64. The molecule has 82 valence electrons. The van der Waals surface area contributed by atoms with Gasteiger partial charge in [0.1, 0.15) is 5.75 Å². The lowest BCUT2D eigenvalue weighted by Gasteiger charge is -2.04. The van der Waals surface area contributed by atoms with E-state index in [1.807, 2.05) is 0 Å². The predicted molar refractivity (Wildman–Crippen MR) is 53.8 cm³/mol. The second kappa shape index (κ2) is 5.87. The third-order valence-corrected chi connectivity index (χ3v) is 1.73. The monoisotopic (exact) mass is 211 g/mol. The van der Waals surface area contributed by atoms with Crippen molar-refractivity contribution < 1.29 is 19.7 Å². The Bertz CT molecular complexity index is 310. The Morgan fingerprint density at radius 3 is 2.60 bits per heavy atom. The minimum atomic E-state index is -1.05. The van der Waals surface area contributed by atoms with Crippen LogP contribution < -0.4 is 5.32 Å². The van der Waals surface area contributed by atoms with E-state index in [9.17, 15) is 4.79 Å². The van der Waals surface area contributed by atoms with E-state index in [0.717, 1.165) is 5.56 Å². The van der Waals surface area contributed by atoms with Crippen molar-refractivity contribution in [1.29, 1.82) is 0 Å². The molecule has 0 aliphatic heterocycles. The molecule has 0 bridgehead atoms. The minimum absolute atomic E-state index is 0.214. The Morgan fingerprint density at radius 1 is 1.33 bits per heavy atom. The molecule has 0 atom stereocenters. The average molecular weight is 211 g/mol. The molecule has 15 heavy (non-hydrogen) atoms. The summed E-state index contributed by atoms with van der Waals surface area (Å²) in [5.74, 6) is 0.214. The minimum Gasteiger partial charge on any atom is -0.508 e. The Labute approximate surface area is 87.3 Å². The summed E-state index contributed by atoms with van der Waals surface area (Å²) in [7, 11) is 0. The summed E-state index contributed by atoms with van der Waals surface area (Å²) in [6.45, 7) is 1.00. The first-order chi connectivity index (χ1) is 7.18. The van der Waals surface area contributed by atoms with Crippen molar-refractivity contribution in [2.24, 2.45) is 0 Å². The molecule has 0 aliphatic rings. The van der Waals surface area contributed by atoms with Crippen LogP contribution in [0, 0.1) is 0 Å². The molecular weight excluding hydrogens is 198 g/mol. The highest BCUT2D eigenvalue weighted by atomic mass is 16.5. The Hall–Kier alpha value is -1.75. The van der Waals surface area contributed by atoms with Crippen LogP contribution in [0.5, 0.6) is 5.75 Å². The number of aromatic hydroxyl groups is 1. The van der Waals surface area contributed by atoms with Crippen LogP contribution in [0.1, 0.15) is 5.56 Å². The van der Waals surface area contributed by atoms with Gasteiger partial charge in [-0.1, -0.05) is 12.1 Å². The molecule has 5 heteroatoms. The van der Waals surface area contributed by atoms with Gasteiger partial charge in [-0.25, -0.2) is 4.79 Å². The molecule has 0 aliphatic carbocycles. The molecule has 0 unspecified atom stereocenters. The summed E-state index contributed by atoms with van der Waals surface area (Å²) >= 11 is 0. The summed E-state index contributed by atoms with van der Waals surface area (Å²) in [5, 5.41) is 19.5. The molecule has 0 spiro atoms. The van der Waals surface area contributed by atoms with Crippen LogP contribution in [0.25, 0.3) is 0 Å². The molecule has 3 N–H and O–H groups in total. The molecule has 0 fully saturated rings. The van der Waals surface area contributed by atoms with Crippen LogP contribution in [-0.2, 0) is 11.3 Å². The smallest absolute Gasteiger partial charge is 0.404 e. The summed E-state index contributed by atoms with van der Waals surface area (Å²) in [4.78, 5) is 10.1. The summed E-state index contributed by atoms with van der Waals surface area (Å²) < 4.78 is 5.20. The highest BCUT2D eigenvalue weighted by Crippen LogP contribution is 2.09. The van der Waals surface area contributed by atoms with Crippen LogP contribution in [0.3, 0.4) is 0 Å². The molecule has 0 saturated heterocycles. The quantitative estimate of drug-likeness (QED) is 0.639. The van der Waals surface area contributed by atoms with Crippen LogP contribution in [-0.4, -0.2) is 29.5 Å². The van der Waals surface area contributed by atoms with Crippen molar-refractivity contribution in [3.8, 4) is 5.75 Å². The van der Waals surface area contributed by atoms with Gasteiger partial charge in [0.15, 0.2) is 0 Å². The van der Waals surface area contributed by atoms with Gasteiger partial charge in [-0.2, -0.15) is 0 Å². The van der Waals surface area contributed by atoms with Crippen molar-refractivity contribution in [1.82, 2.24) is 5.32 Å². The SMILES string of the molecule is O=C(O)NCCOCc1ccc(O)cc1. The number of rotatable bonds is 5. The zero-order chi connectivity index (χ0) is 11.1. The molecule has 0 aromatic heterocycles. The largest absolute Gasteiger partial charge is 0.508 e. The molecule has 5 nitrogen and oxygen atoms in total. The zero-order valence-electron chi connectivity index (χ0n) is 8.14. The second-order valence-corrected chi connectivity index (χ2v) is 2.95. The standard InChI is InChI=1S/C10H13NO4/c12-9-3-1-8(2-4-9)7-15-6-5-11-10(13)14/h1-4,11-12H,5-7H2,(H,13,14). The number of ether oxygens (including phenoxy) is 1. The van der Waals surface area contributed by atoms with Gasteiger partial charge < -0.3 is 20.3 Å². The highest BCUT2D eigenvalue weighted by Gasteiger charge is 1.95. The van der Waals surface area contributed by atoms with Crippen molar-refractivity contribution in [3.05, 3.63) is 29.8 Å². The van der Waals surface area contributed by atoms with Crippen molar-refractivity contribution in [3.63, 3.8) is 0 Å². The number of benzene rings is 1. The lowest BCUT2D eigenvalue weighted by molar-refractivity contribution is 0.120. The second-order valence-electron chi connectivity index (χ2n) is 2.95. The maximum Gasteiger partial charge on any atom is 0.404 e. The first kappa shape index (κ1) is 11.3. The van der Waals surface area contributed by atoms with E-state index < -0.39 is 6.09 Å². The van der Waals surface area contributed by atoms with Gasteiger partial charge in [0, 0.05) is 6.54 Å². The maximum atomic E-state index is 10.1. The lowest BCUT2D eigenvalue weighted by Crippen LogP contribution is -2.25. The number of hydrogen-bond donors (Lipinski definition) is 3. The molecule has 1 aromatic carbocycles. The molecule has 0 saturated carbocycles. The number of carbonyl (C=O) groups is 1. The Morgan fingerprint density at radius 2 is 2.00 bits per heavy atom. The van der Waals surface area contributed by atoms with Crippen LogP contribution >= 0.6 is 0 Å². The molecule has 1 rings (SSSR count). The van der Waals surface area contributed by atoms with Gasteiger partial charge in [-0.05, 0) is 17.7 Å². The number of amides is 1. The first-order valence-corrected chi connectivity index (χ1v) is 4.51. The van der Waals surface area contributed by atoms with E-state index in [1.54, 1.807) is 24.3 Å². The summed E-state index contributed by atoms with van der Waals surface area (Å²) in [5.41, 5.74) is 0.933. The Kier molecular flexibility index (Phi) is 4.43. The molecule has 0 heterocycles. The Balaban J connectivity index is 2.15. The van der Waals surface area contributed by atoms with Gasteiger partial charge in [0.2, 0.25) is 0 Å². The fraction of sp³-hybridized carbons (Fsp3) is 0.300. The van der Waals surface area contributed by atoms with Crippen LogP contribution in [0.2, 0.25) is 0 Å². The predicted octanol–water partition coefficient (Wildman–Crippen LogP) is 1.18. The van der Waals surface area contributed by atoms with Gasteiger partial charge >= 0.3 is 6.09 Å². The summed E-state index contributed by atoms with van der Waals surface area (Å²) in [6, 6.07) is 6.66. The number of nitrogens with one attached hydrogen (secondary N) is 1.